The molecule has 0 aromatic heterocycles. The molecule has 1 rings (SSSR count). The summed E-state index contributed by atoms with van der Waals surface area (Å²) < 4.78 is 0. The van der Waals surface area contributed by atoms with E-state index in [-0.39, 0.29) is 0 Å². The van der Waals surface area contributed by atoms with E-state index in [1.54, 1.807) is 0 Å². The van der Waals surface area contributed by atoms with Crippen molar-refractivity contribution in [1.82, 2.24) is 0 Å². The first kappa shape index (κ1) is 10.1. The summed E-state index contributed by atoms with van der Waals surface area (Å²) in [6.07, 6.45) is 4.29. The molecule has 0 aromatic rings. The van der Waals surface area contributed by atoms with Gasteiger partial charge in [-0.05, 0) is 36.0 Å². The normalized spacial score (nSPS) is 29.5. The quantitative estimate of drug-likeness (QED) is 0.592. The zero-order valence-electron chi connectivity index (χ0n) is 9.35. The maximum Gasteiger partial charge on any atom is -0.0326 e. The van der Waals surface area contributed by atoms with Gasteiger partial charge in [-0.3, -0.25) is 0 Å². The molecule has 2 unspecified atom stereocenters. The summed E-state index contributed by atoms with van der Waals surface area (Å²) in [5.74, 6) is 2.98. The molecular weight excluding hydrogens is 144 g/mol. The maximum atomic E-state index is 2.43. The number of rotatable bonds is 4. The van der Waals surface area contributed by atoms with Gasteiger partial charge in [-0.15, -0.1) is 0 Å². The highest BCUT2D eigenvalue weighted by Gasteiger charge is 2.45. The molecule has 1 aliphatic carbocycles. The molecule has 12 heavy (non-hydrogen) atoms. The van der Waals surface area contributed by atoms with Crippen LogP contribution in [0.2, 0.25) is 0 Å². The lowest BCUT2D eigenvalue weighted by atomic mass is 9.83. The third-order valence-electron chi connectivity index (χ3n) is 3.61. The van der Waals surface area contributed by atoms with Crippen molar-refractivity contribution in [3.8, 4) is 0 Å². The van der Waals surface area contributed by atoms with Crippen molar-refractivity contribution in [3.05, 3.63) is 0 Å². The second-order valence-corrected chi connectivity index (χ2v) is 5.57. The van der Waals surface area contributed by atoms with Gasteiger partial charge in [0.05, 0.1) is 0 Å². The predicted molar refractivity (Wildman–Crippen MR) is 55.1 cm³/mol. The van der Waals surface area contributed by atoms with Crippen LogP contribution >= 0.6 is 0 Å². The monoisotopic (exact) mass is 168 g/mol. The number of hydrogen-bond donors (Lipinski definition) is 0. The molecule has 1 aliphatic rings. The lowest BCUT2D eigenvalue weighted by molar-refractivity contribution is 0.272. The summed E-state index contributed by atoms with van der Waals surface area (Å²) in [6, 6.07) is 0. The van der Waals surface area contributed by atoms with Crippen molar-refractivity contribution in [3.63, 3.8) is 0 Å². The Hall–Kier alpha value is 0. The Bertz CT molecular complexity index is 144. The fraction of sp³-hybridized carbons (Fsp3) is 1.00. The van der Waals surface area contributed by atoms with Gasteiger partial charge in [-0.25, -0.2) is 0 Å². The van der Waals surface area contributed by atoms with Gasteiger partial charge in [0.15, 0.2) is 0 Å². The molecule has 2 atom stereocenters. The van der Waals surface area contributed by atoms with Crippen LogP contribution in [-0.4, -0.2) is 0 Å². The van der Waals surface area contributed by atoms with E-state index in [4.69, 9.17) is 0 Å². The first-order valence-corrected chi connectivity index (χ1v) is 5.47. The van der Waals surface area contributed by atoms with Gasteiger partial charge in [-0.2, -0.15) is 0 Å². The maximum absolute atomic E-state index is 2.43. The predicted octanol–water partition coefficient (Wildman–Crippen LogP) is 4.10. The Morgan fingerprint density at radius 3 is 2.33 bits per heavy atom. The topological polar surface area (TPSA) is 0 Å². The van der Waals surface area contributed by atoms with Gasteiger partial charge in [0, 0.05) is 0 Å². The smallest absolute Gasteiger partial charge is 0.0326 e. The minimum Gasteiger partial charge on any atom is -0.0649 e. The molecule has 0 bridgehead atoms. The fourth-order valence-electron chi connectivity index (χ4n) is 2.33. The molecule has 0 spiro atoms. The Kier molecular flexibility index (Phi) is 2.85. The van der Waals surface area contributed by atoms with E-state index in [2.05, 4.69) is 34.6 Å². The average Bonchev–Trinajstić information content (AvgIpc) is 2.67. The summed E-state index contributed by atoms with van der Waals surface area (Å²) in [5, 5.41) is 0. The molecule has 0 N–H and O–H groups in total. The van der Waals surface area contributed by atoms with Crippen LogP contribution in [0.15, 0.2) is 0 Å². The van der Waals surface area contributed by atoms with Crippen LogP contribution < -0.4 is 0 Å². The average molecular weight is 168 g/mol. The minimum absolute atomic E-state index is 0.611. The Balaban J connectivity index is 2.32. The molecule has 0 aromatic carbocycles. The molecule has 0 nitrogen and oxygen atoms in total. The van der Waals surface area contributed by atoms with E-state index < -0.39 is 0 Å². The van der Waals surface area contributed by atoms with Gasteiger partial charge < -0.3 is 0 Å². The lowest BCUT2D eigenvalue weighted by Gasteiger charge is -2.23. The molecule has 0 aliphatic heterocycles. The van der Waals surface area contributed by atoms with Crippen molar-refractivity contribution >= 4 is 0 Å². The Morgan fingerprint density at radius 2 is 1.92 bits per heavy atom. The molecular formula is C12H24. The molecule has 0 heteroatoms. The summed E-state index contributed by atoms with van der Waals surface area (Å²) >= 11 is 0. The molecule has 0 radical (unpaired) electrons. The second kappa shape index (κ2) is 3.40. The SMILES string of the molecule is CCC(C)(C)C1CC1CC(C)C. The van der Waals surface area contributed by atoms with Gasteiger partial charge in [0.25, 0.3) is 0 Å². The summed E-state index contributed by atoms with van der Waals surface area (Å²) in [7, 11) is 0. The van der Waals surface area contributed by atoms with Crippen LogP contribution in [0.4, 0.5) is 0 Å². The summed E-state index contributed by atoms with van der Waals surface area (Å²) in [5.41, 5.74) is 0.611. The van der Waals surface area contributed by atoms with Crippen molar-refractivity contribution in [2.75, 3.05) is 0 Å². The van der Waals surface area contributed by atoms with E-state index in [9.17, 15) is 0 Å². The van der Waals surface area contributed by atoms with Crippen LogP contribution in [0, 0.1) is 23.2 Å². The number of hydrogen-bond acceptors (Lipinski definition) is 0. The highest BCUT2D eigenvalue weighted by molar-refractivity contribution is 4.95. The van der Waals surface area contributed by atoms with Crippen LogP contribution in [0.1, 0.15) is 53.9 Å². The fourth-order valence-corrected chi connectivity index (χ4v) is 2.33. The van der Waals surface area contributed by atoms with E-state index in [0.29, 0.717) is 5.41 Å². The zero-order valence-corrected chi connectivity index (χ0v) is 9.35. The Labute approximate surface area is 77.7 Å². The lowest BCUT2D eigenvalue weighted by Crippen LogP contribution is -2.14. The van der Waals surface area contributed by atoms with E-state index in [1.807, 2.05) is 0 Å². The molecule has 0 saturated heterocycles. The van der Waals surface area contributed by atoms with Crippen LogP contribution in [-0.2, 0) is 0 Å². The molecule has 72 valence electrons. The third kappa shape index (κ3) is 2.24. The standard InChI is InChI=1S/C12H24/c1-6-12(4,5)11-8-10(11)7-9(2)3/h9-11H,6-8H2,1-5H3. The van der Waals surface area contributed by atoms with Crippen molar-refractivity contribution in [2.45, 2.75) is 53.9 Å². The molecule has 0 heterocycles. The van der Waals surface area contributed by atoms with E-state index in [1.165, 1.54) is 19.3 Å². The molecule has 0 amide bonds. The van der Waals surface area contributed by atoms with Crippen molar-refractivity contribution in [1.29, 1.82) is 0 Å². The van der Waals surface area contributed by atoms with E-state index >= 15 is 0 Å². The van der Waals surface area contributed by atoms with E-state index in [0.717, 1.165) is 17.8 Å². The first-order valence-electron chi connectivity index (χ1n) is 5.47. The summed E-state index contributed by atoms with van der Waals surface area (Å²) in [4.78, 5) is 0. The third-order valence-corrected chi connectivity index (χ3v) is 3.61. The van der Waals surface area contributed by atoms with Gasteiger partial charge in [0.1, 0.15) is 0 Å². The molecule has 1 fully saturated rings. The van der Waals surface area contributed by atoms with Crippen LogP contribution in [0.5, 0.6) is 0 Å². The highest BCUT2D eigenvalue weighted by atomic mass is 14.5. The second-order valence-electron chi connectivity index (χ2n) is 5.57. The van der Waals surface area contributed by atoms with Gasteiger partial charge in [0.2, 0.25) is 0 Å². The Morgan fingerprint density at radius 1 is 1.33 bits per heavy atom. The van der Waals surface area contributed by atoms with Crippen molar-refractivity contribution < 1.29 is 0 Å². The van der Waals surface area contributed by atoms with Gasteiger partial charge >= 0.3 is 0 Å². The zero-order chi connectivity index (χ0) is 9.35. The van der Waals surface area contributed by atoms with Crippen LogP contribution in [0.3, 0.4) is 0 Å². The minimum atomic E-state index is 0.611. The first-order chi connectivity index (χ1) is 5.47. The van der Waals surface area contributed by atoms with Crippen LogP contribution in [0.25, 0.3) is 0 Å². The van der Waals surface area contributed by atoms with Crippen molar-refractivity contribution in [2.24, 2.45) is 23.2 Å². The molecule has 1 saturated carbocycles. The summed E-state index contributed by atoms with van der Waals surface area (Å²) in [6.45, 7) is 11.9. The highest BCUT2D eigenvalue weighted by Crippen LogP contribution is 2.54. The van der Waals surface area contributed by atoms with Gasteiger partial charge in [-0.1, -0.05) is 41.0 Å². The largest absolute Gasteiger partial charge is 0.0649 e.